The maximum Gasteiger partial charge on any atom is 0.273 e. The van der Waals surface area contributed by atoms with Crippen LogP contribution in [0.4, 0.5) is 0 Å². The number of aromatic nitrogens is 1. The van der Waals surface area contributed by atoms with E-state index in [0.29, 0.717) is 38.6 Å². The number of ether oxygens (including phenoxy) is 2. The van der Waals surface area contributed by atoms with Crippen molar-refractivity contribution in [1.29, 1.82) is 0 Å². The Morgan fingerprint density at radius 3 is 2.91 bits per heavy atom. The summed E-state index contributed by atoms with van der Waals surface area (Å²) < 4.78 is 11.1. The molecule has 0 unspecified atom stereocenters. The van der Waals surface area contributed by atoms with E-state index < -0.39 is 0 Å². The van der Waals surface area contributed by atoms with E-state index in [1.165, 1.54) is 16.9 Å². The number of thiazole rings is 1. The Kier molecular flexibility index (Phi) is 4.93. The van der Waals surface area contributed by atoms with Gasteiger partial charge in [0.05, 0.1) is 13.2 Å². The van der Waals surface area contributed by atoms with Crippen molar-refractivity contribution in [3.8, 4) is 5.75 Å². The van der Waals surface area contributed by atoms with Crippen LogP contribution in [-0.2, 0) is 11.3 Å². The average Bonchev–Trinajstić information content (AvgIpc) is 3.05. The fourth-order valence-corrected chi connectivity index (χ4v) is 3.10. The van der Waals surface area contributed by atoms with Gasteiger partial charge in [-0.25, -0.2) is 4.98 Å². The van der Waals surface area contributed by atoms with Crippen molar-refractivity contribution in [2.24, 2.45) is 0 Å². The molecule has 0 radical (unpaired) electrons. The van der Waals surface area contributed by atoms with Crippen LogP contribution in [0.15, 0.2) is 23.6 Å². The zero-order valence-corrected chi connectivity index (χ0v) is 14.2. The van der Waals surface area contributed by atoms with Gasteiger partial charge in [0, 0.05) is 18.5 Å². The lowest BCUT2D eigenvalue weighted by atomic mass is 10.1. The van der Waals surface area contributed by atoms with Crippen LogP contribution in [0.5, 0.6) is 5.75 Å². The standard InChI is InChI=1S/C17H20N2O3S/c1-12-4-3-5-15(13(12)2)22-10-16-18-14(11-23-16)17(20)19-6-8-21-9-7-19/h3-5,11H,6-10H2,1-2H3. The highest BCUT2D eigenvalue weighted by molar-refractivity contribution is 7.09. The van der Waals surface area contributed by atoms with Crippen LogP contribution in [0.25, 0.3) is 0 Å². The van der Waals surface area contributed by atoms with Gasteiger partial charge in [0.2, 0.25) is 0 Å². The number of rotatable bonds is 4. The second kappa shape index (κ2) is 7.10. The normalized spacial score (nSPS) is 14.8. The molecule has 1 aromatic heterocycles. The molecule has 2 aromatic rings. The lowest BCUT2D eigenvalue weighted by Crippen LogP contribution is -2.40. The molecule has 1 amide bonds. The van der Waals surface area contributed by atoms with Crippen molar-refractivity contribution in [3.05, 3.63) is 45.4 Å². The summed E-state index contributed by atoms with van der Waals surface area (Å²) in [6, 6.07) is 5.99. The fraction of sp³-hybridized carbons (Fsp3) is 0.412. The third-order valence-electron chi connectivity index (χ3n) is 3.98. The lowest BCUT2D eigenvalue weighted by molar-refractivity contribution is 0.0299. The van der Waals surface area contributed by atoms with Crippen molar-refractivity contribution in [3.63, 3.8) is 0 Å². The molecule has 1 fully saturated rings. The van der Waals surface area contributed by atoms with Crippen LogP contribution < -0.4 is 4.74 Å². The summed E-state index contributed by atoms with van der Waals surface area (Å²) in [6.45, 7) is 6.93. The molecule has 5 nitrogen and oxygen atoms in total. The molecule has 1 aliphatic heterocycles. The highest BCUT2D eigenvalue weighted by Gasteiger charge is 2.21. The number of carbonyl (C=O) groups is 1. The highest BCUT2D eigenvalue weighted by Crippen LogP contribution is 2.22. The highest BCUT2D eigenvalue weighted by atomic mass is 32.1. The Morgan fingerprint density at radius 2 is 2.13 bits per heavy atom. The number of morpholine rings is 1. The van der Waals surface area contributed by atoms with Gasteiger partial charge in [0.1, 0.15) is 23.1 Å². The zero-order valence-electron chi connectivity index (χ0n) is 13.4. The first kappa shape index (κ1) is 16.0. The minimum Gasteiger partial charge on any atom is -0.486 e. The smallest absolute Gasteiger partial charge is 0.273 e. The first-order valence-corrected chi connectivity index (χ1v) is 8.53. The average molecular weight is 332 g/mol. The monoisotopic (exact) mass is 332 g/mol. The SMILES string of the molecule is Cc1cccc(OCc2nc(C(=O)N3CCOCC3)cs2)c1C. The summed E-state index contributed by atoms with van der Waals surface area (Å²) in [6.07, 6.45) is 0. The van der Waals surface area contributed by atoms with Crippen molar-refractivity contribution >= 4 is 17.2 Å². The van der Waals surface area contributed by atoms with Gasteiger partial charge < -0.3 is 14.4 Å². The van der Waals surface area contributed by atoms with E-state index >= 15 is 0 Å². The fourth-order valence-electron chi connectivity index (χ4n) is 2.42. The second-order valence-corrected chi connectivity index (χ2v) is 6.46. The maximum atomic E-state index is 12.4. The molecule has 6 heteroatoms. The van der Waals surface area contributed by atoms with Gasteiger partial charge >= 0.3 is 0 Å². The van der Waals surface area contributed by atoms with Crippen LogP contribution in [0.1, 0.15) is 26.6 Å². The molecule has 0 bridgehead atoms. The predicted molar refractivity (Wildman–Crippen MR) is 89.1 cm³/mol. The first-order chi connectivity index (χ1) is 11.1. The molecule has 3 rings (SSSR count). The second-order valence-electron chi connectivity index (χ2n) is 5.52. The van der Waals surface area contributed by atoms with E-state index in [9.17, 15) is 4.79 Å². The van der Waals surface area contributed by atoms with Crippen LogP contribution in [0.3, 0.4) is 0 Å². The number of hydrogen-bond acceptors (Lipinski definition) is 5. The molecule has 0 N–H and O–H groups in total. The summed E-state index contributed by atoms with van der Waals surface area (Å²) in [7, 11) is 0. The van der Waals surface area contributed by atoms with E-state index in [2.05, 4.69) is 18.0 Å². The van der Waals surface area contributed by atoms with Crippen molar-refractivity contribution in [2.75, 3.05) is 26.3 Å². The van der Waals surface area contributed by atoms with Gasteiger partial charge in [-0.15, -0.1) is 11.3 Å². The van der Waals surface area contributed by atoms with Gasteiger partial charge in [0.25, 0.3) is 5.91 Å². The van der Waals surface area contributed by atoms with Gasteiger partial charge in [-0.3, -0.25) is 4.79 Å². The zero-order chi connectivity index (χ0) is 16.2. The number of nitrogens with zero attached hydrogens (tertiary/aromatic N) is 2. The third-order valence-corrected chi connectivity index (χ3v) is 4.80. The maximum absolute atomic E-state index is 12.4. The molecule has 0 spiro atoms. The Morgan fingerprint density at radius 1 is 1.35 bits per heavy atom. The predicted octanol–water partition coefficient (Wildman–Crippen LogP) is 2.81. The first-order valence-electron chi connectivity index (χ1n) is 7.65. The largest absolute Gasteiger partial charge is 0.486 e. The van der Waals surface area contributed by atoms with E-state index in [1.54, 1.807) is 10.3 Å². The van der Waals surface area contributed by atoms with E-state index in [4.69, 9.17) is 9.47 Å². The molecule has 122 valence electrons. The molecule has 23 heavy (non-hydrogen) atoms. The van der Waals surface area contributed by atoms with E-state index in [-0.39, 0.29) is 5.91 Å². The molecule has 0 aliphatic carbocycles. The summed E-state index contributed by atoms with van der Waals surface area (Å²) in [4.78, 5) is 18.6. The van der Waals surface area contributed by atoms with Gasteiger partial charge in [-0.05, 0) is 31.0 Å². The number of hydrogen-bond donors (Lipinski definition) is 0. The molecule has 1 aromatic carbocycles. The lowest BCUT2D eigenvalue weighted by Gasteiger charge is -2.25. The van der Waals surface area contributed by atoms with Gasteiger partial charge in [-0.2, -0.15) is 0 Å². The quantitative estimate of drug-likeness (QED) is 0.864. The Balaban J connectivity index is 1.63. The van der Waals surface area contributed by atoms with Crippen LogP contribution in [0, 0.1) is 13.8 Å². The summed E-state index contributed by atoms with van der Waals surface area (Å²) >= 11 is 1.46. The van der Waals surface area contributed by atoms with Gasteiger partial charge in [-0.1, -0.05) is 12.1 Å². The van der Waals surface area contributed by atoms with Gasteiger partial charge in [0.15, 0.2) is 0 Å². The number of amides is 1. The number of aryl methyl sites for hydroxylation is 1. The molecule has 0 saturated carbocycles. The molecular weight excluding hydrogens is 312 g/mol. The van der Waals surface area contributed by atoms with Crippen LogP contribution in [-0.4, -0.2) is 42.1 Å². The van der Waals surface area contributed by atoms with Crippen molar-refractivity contribution in [2.45, 2.75) is 20.5 Å². The van der Waals surface area contributed by atoms with Crippen molar-refractivity contribution in [1.82, 2.24) is 9.88 Å². The molecule has 2 heterocycles. The number of benzene rings is 1. The summed E-state index contributed by atoms with van der Waals surface area (Å²) in [5, 5.41) is 2.61. The minimum absolute atomic E-state index is 0.0254. The van der Waals surface area contributed by atoms with E-state index in [1.807, 2.05) is 19.1 Å². The Bertz CT molecular complexity index is 693. The Labute approximate surface area is 139 Å². The molecular formula is C17H20N2O3S. The third kappa shape index (κ3) is 3.71. The topological polar surface area (TPSA) is 51.7 Å². The summed E-state index contributed by atoms with van der Waals surface area (Å²) in [5.41, 5.74) is 2.83. The molecule has 0 atom stereocenters. The minimum atomic E-state index is -0.0254. The van der Waals surface area contributed by atoms with Crippen LogP contribution >= 0.6 is 11.3 Å². The Hall–Kier alpha value is -1.92. The number of carbonyl (C=O) groups excluding carboxylic acids is 1. The van der Waals surface area contributed by atoms with E-state index in [0.717, 1.165) is 16.3 Å². The van der Waals surface area contributed by atoms with Crippen molar-refractivity contribution < 1.29 is 14.3 Å². The summed E-state index contributed by atoms with van der Waals surface area (Å²) in [5.74, 6) is 0.837. The molecule has 1 saturated heterocycles. The van der Waals surface area contributed by atoms with Crippen LogP contribution in [0.2, 0.25) is 0 Å². The molecule has 1 aliphatic rings.